The Labute approximate surface area is 77.5 Å². The first-order valence-electron chi connectivity index (χ1n) is 4.22. The lowest BCUT2D eigenvalue weighted by molar-refractivity contribution is 0.140. The van der Waals surface area contributed by atoms with E-state index in [1.165, 1.54) is 0 Å². The number of aryl methyl sites for hydroxylation is 2. The van der Waals surface area contributed by atoms with Crippen LogP contribution in [0, 0.1) is 19.7 Å². The zero-order chi connectivity index (χ0) is 9.84. The van der Waals surface area contributed by atoms with Crippen molar-refractivity contribution in [2.24, 2.45) is 5.90 Å². The van der Waals surface area contributed by atoms with Crippen LogP contribution in [0.5, 0.6) is 0 Å². The van der Waals surface area contributed by atoms with Gasteiger partial charge in [-0.25, -0.2) is 10.3 Å². The smallest absolute Gasteiger partial charge is 0.129 e. The van der Waals surface area contributed by atoms with E-state index in [2.05, 4.69) is 4.84 Å². The Hall–Kier alpha value is -0.930. The third-order valence-electron chi connectivity index (χ3n) is 1.96. The average molecular weight is 183 g/mol. The first-order valence-corrected chi connectivity index (χ1v) is 4.22. The fourth-order valence-corrected chi connectivity index (χ4v) is 1.39. The van der Waals surface area contributed by atoms with Crippen molar-refractivity contribution < 1.29 is 9.23 Å². The summed E-state index contributed by atoms with van der Waals surface area (Å²) in [5, 5.41) is 0. The fourth-order valence-electron chi connectivity index (χ4n) is 1.39. The molecular weight excluding hydrogens is 169 g/mol. The highest BCUT2D eigenvalue weighted by molar-refractivity contribution is 5.30. The maximum atomic E-state index is 13.4. The van der Waals surface area contributed by atoms with Crippen LogP contribution in [0.2, 0.25) is 0 Å². The zero-order valence-electron chi connectivity index (χ0n) is 7.93. The third kappa shape index (κ3) is 2.50. The van der Waals surface area contributed by atoms with E-state index in [-0.39, 0.29) is 5.82 Å². The standard InChI is InChI=1S/C10H14FNO/c1-7-5-8(2)10(11)9(6-7)3-4-13-12/h5-6H,3-4,12H2,1-2H3. The Morgan fingerprint density at radius 3 is 2.69 bits per heavy atom. The molecular formula is C10H14FNO. The quantitative estimate of drug-likeness (QED) is 0.726. The van der Waals surface area contributed by atoms with Crippen molar-refractivity contribution in [3.63, 3.8) is 0 Å². The van der Waals surface area contributed by atoms with Crippen LogP contribution in [0.4, 0.5) is 4.39 Å². The summed E-state index contributed by atoms with van der Waals surface area (Å²) in [6, 6.07) is 3.64. The van der Waals surface area contributed by atoms with Crippen molar-refractivity contribution in [2.45, 2.75) is 20.3 Å². The van der Waals surface area contributed by atoms with Gasteiger partial charge in [0, 0.05) is 6.42 Å². The highest BCUT2D eigenvalue weighted by atomic mass is 19.1. The molecule has 0 aliphatic rings. The second-order valence-electron chi connectivity index (χ2n) is 3.18. The Kier molecular flexibility index (Phi) is 3.39. The van der Waals surface area contributed by atoms with Crippen molar-refractivity contribution in [1.82, 2.24) is 0 Å². The summed E-state index contributed by atoms with van der Waals surface area (Å²) in [5.41, 5.74) is 2.40. The Balaban J connectivity index is 2.92. The second kappa shape index (κ2) is 4.35. The van der Waals surface area contributed by atoms with E-state index in [1.807, 2.05) is 19.1 Å². The molecule has 0 aliphatic heterocycles. The highest BCUT2D eigenvalue weighted by Gasteiger charge is 2.05. The van der Waals surface area contributed by atoms with Gasteiger partial charge in [-0.15, -0.1) is 0 Å². The molecule has 72 valence electrons. The van der Waals surface area contributed by atoms with E-state index >= 15 is 0 Å². The molecule has 2 nitrogen and oxygen atoms in total. The van der Waals surface area contributed by atoms with E-state index in [1.54, 1.807) is 6.92 Å². The van der Waals surface area contributed by atoms with Gasteiger partial charge in [0.1, 0.15) is 5.82 Å². The first-order chi connectivity index (χ1) is 6.15. The highest BCUT2D eigenvalue weighted by Crippen LogP contribution is 2.15. The number of hydrogen-bond acceptors (Lipinski definition) is 2. The van der Waals surface area contributed by atoms with E-state index in [9.17, 15) is 4.39 Å². The normalized spacial score (nSPS) is 10.5. The van der Waals surface area contributed by atoms with Gasteiger partial charge in [0.25, 0.3) is 0 Å². The Morgan fingerprint density at radius 1 is 1.38 bits per heavy atom. The van der Waals surface area contributed by atoms with Crippen LogP contribution in [-0.2, 0) is 11.3 Å². The number of halogens is 1. The van der Waals surface area contributed by atoms with Crippen molar-refractivity contribution in [3.05, 3.63) is 34.6 Å². The molecule has 0 fully saturated rings. The predicted octanol–water partition coefficient (Wildman–Crippen LogP) is 1.88. The van der Waals surface area contributed by atoms with Gasteiger partial charge < -0.3 is 4.84 Å². The summed E-state index contributed by atoms with van der Waals surface area (Å²) in [5.74, 6) is 4.73. The van der Waals surface area contributed by atoms with Crippen molar-refractivity contribution in [3.8, 4) is 0 Å². The van der Waals surface area contributed by atoms with Crippen LogP contribution in [-0.4, -0.2) is 6.61 Å². The minimum absolute atomic E-state index is 0.150. The van der Waals surface area contributed by atoms with Gasteiger partial charge in [-0.3, -0.25) is 0 Å². The average Bonchev–Trinajstić information content (AvgIpc) is 2.09. The number of hydrogen-bond donors (Lipinski definition) is 1. The van der Waals surface area contributed by atoms with E-state index in [4.69, 9.17) is 5.90 Å². The molecule has 0 amide bonds. The number of benzene rings is 1. The van der Waals surface area contributed by atoms with Gasteiger partial charge in [-0.05, 0) is 25.0 Å². The van der Waals surface area contributed by atoms with E-state index in [0.717, 1.165) is 5.56 Å². The van der Waals surface area contributed by atoms with Crippen LogP contribution in [0.3, 0.4) is 0 Å². The third-order valence-corrected chi connectivity index (χ3v) is 1.96. The number of nitrogens with two attached hydrogens (primary N) is 1. The molecule has 0 unspecified atom stereocenters. The molecule has 0 spiro atoms. The predicted molar refractivity (Wildman–Crippen MR) is 49.7 cm³/mol. The summed E-state index contributed by atoms with van der Waals surface area (Å²) in [6.45, 7) is 4.05. The number of rotatable bonds is 3. The van der Waals surface area contributed by atoms with E-state index in [0.29, 0.717) is 24.2 Å². The maximum absolute atomic E-state index is 13.4. The Morgan fingerprint density at radius 2 is 2.08 bits per heavy atom. The van der Waals surface area contributed by atoms with Gasteiger partial charge in [-0.2, -0.15) is 0 Å². The van der Waals surface area contributed by atoms with Gasteiger partial charge >= 0.3 is 0 Å². The van der Waals surface area contributed by atoms with Crippen LogP contribution in [0.1, 0.15) is 16.7 Å². The van der Waals surface area contributed by atoms with Crippen LogP contribution < -0.4 is 5.90 Å². The van der Waals surface area contributed by atoms with Gasteiger partial charge in [0.15, 0.2) is 0 Å². The molecule has 0 saturated heterocycles. The molecule has 1 aromatic rings. The minimum atomic E-state index is -0.150. The monoisotopic (exact) mass is 183 g/mol. The Bertz CT molecular complexity index is 299. The summed E-state index contributed by atoms with van der Waals surface area (Å²) < 4.78 is 13.4. The molecule has 1 aromatic carbocycles. The molecule has 0 atom stereocenters. The van der Waals surface area contributed by atoms with Crippen LogP contribution >= 0.6 is 0 Å². The van der Waals surface area contributed by atoms with Crippen LogP contribution in [0.25, 0.3) is 0 Å². The lowest BCUT2D eigenvalue weighted by Gasteiger charge is -2.06. The largest absolute Gasteiger partial charge is 0.304 e. The van der Waals surface area contributed by atoms with Crippen molar-refractivity contribution in [2.75, 3.05) is 6.61 Å². The maximum Gasteiger partial charge on any atom is 0.129 e. The molecule has 2 N–H and O–H groups in total. The summed E-state index contributed by atoms with van der Waals surface area (Å²) in [7, 11) is 0. The van der Waals surface area contributed by atoms with Crippen molar-refractivity contribution in [1.29, 1.82) is 0 Å². The molecule has 0 aliphatic carbocycles. The molecule has 0 bridgehead atoms. The summed E-state index contributed by atoms with van der Waals surface area (Å²) >= 11 is 0. The first kappa shape index (κ1) is 10.2. The molecule has 0 saturated carbocycles. The molecule has 0 heterocycles. The molecule has 3 heteroatoms. The molecule has 1 rings (SSSR count). The molecule has 0 aromatic heterocycles. The molecule has 13 heavy (non-hydrogen) atoms. The van der Waals surface area contributed by atoms with Gasteiger partial charge in [0.2, 0.25) is 0 Å². The van der Waals surface area contributed by atoms with Crippen molar-refractivity contribution >= 4 is 0 Å². The van der Waals surface area contributed by atoms with Crippen LogP contribution in [0.15, 0.2) is 12.1 Å². The summed E-state index contributed by atoms with van der Waals surface area (Å²) in [4.78, 5) is 4.41. The lowest BCUT2D eigenvalue weighted by Crippen LogP contribution is -2.06. The lowest BCUT2D eigenvalue weighted by atomic mass is 10.0. The van der Waals surface area contributed by atoms with Gasteiger partial charge in [-0.1, -0.05) is 17.7 Å². The van der Waals surface area contributed by atoms with E-state index < -0.39 is 0 Å². The fraction of sp³-hybridized carbons (Fsp3) is 0.400. The van der Waals surface area contributed by atoms with Gasteiger partial charge in [0.05, 0.1) is 6.61 Å². The molecule has 0 radical (unpaired) electrons. The SMILES string of the molecule is Cc1cc(C)c(F)c(CCON)c1. The zero-order valence-corrected chi connectivity index (χ0v) is 7.93. The summed E-state index contributed by atoms with van der Waals surface area (Å²) in [6.07, 6.45) is 0.519. The topological polar surface area (TPSA) is 35.2 Å². The second-order valence-corrected chi connectivity index (χ2v) is 3.18. The minimum Gasteiger partial charge on any atom is -0.304 e.